The van der Waals surface area contributed by atoms with Crippen molar-refractivity contribution in [3.05, 3.63) is 17.6 Å². The van der Waals surface area contributed by atoms with E-state index in [1.165, 1.54) is 44.9 Å². The second-order valence-electron chi connectivity index (χ2n) is 9.74. The molecule has 0 saturated heterocycles. The lowest BCUT2D eigenvalue weighted by molar-refractivity contribution is -0.858. The second-order valence-corrected chi connectivity index (χ2v) is 11.1. The predicted molar refractivity (Wildman–Crippen MR) is 124 cm³/mol. The molecule has 0 saturated carbocycles. The molecule has 3 unspecified atom stereocenters. The van der Waals surface area contributed by atoms with Crippen LogP contribution in [0.3, 0.4) is 0 Å². The molecule has 0 aliphatic rings. The van der Waals surface area contributed by atoms with Gasteiger partial charge in [0.2, 0.25) is 0 Å². The molecule has 0 radical (unpaired) electrons. The van der Waals surface area contributed by atoms with Crippen molar-refractivity contribution in [3.63, 3.8) is 0 Å². The van der Waals surface area contributed by atoms with Crippen molar-refractivity contribution in [1.29, 1.82) is 0 Å². The molecule has 0 aromatic heterocycles. The van der Waals surface area contributed by atoms with Crippen molar-refractivity contribution in [3.8, 4) is 0 Å². The molecule has 0 aromatic rings. The molecule has 0 aliphatic carbocycles. The molecule has 0 spiro atoms. The highest BCUT2D eigenvalue weighted by Crippen LogP contribution is 2.38. The van der Waals surface area contributed by atoms with Crippen molar-refractivity contribution in [1.82, 2.24) is 0 Å². The number of phosphoric ester groups is 1. The highest BCUT2D eigenvalue weighted by atomic mass is 31.2. The Morgan fingerprint density at radius 1 is 1.00 bits per heavy atom. The molecule has 0 aliphatic heterocycles. The third-order valence-corrected chi connectivity index (χ3v) is 6.32. The molecule has 5 nitrogen and oxygen atoms in total. The van der Waals surface area contributed by atoms with E-state index in [0.29, 0.717) is 6.54 Å². The second kappa shape index (κ2) is 17.0. The van der Waals surface area contributed by atoms with E-state index >= 15 is 0 Å². The van der Waals surface area contributed by atoms with Gasteiger partial charge in [-0.3, -0.25) is 4.57 Å². The van der Waals surface area contributed by atoms with E-state index in [4.69, 9.17) is 9.05 Å². The zero-order valence-electron chi connectivity index (χ0n) is 20.7. The normalized spacial score (nSPS) is 15.5. The maximum absolute atomic E-state index is 11.6. The molecular weight excluding hydrogens is 397 g/mol. The fraction of sp³-hybridized carbons (Fsp3) is 0.875. The highest BCUT2D eigenvalue weighted by Gasteiger charge is 2.09. The van der Waals surface area contributed by atoms with E-state index in [0.717, 1.165) is 47.3 Å². The van der Waals surface area contributed by atoms with Crippen molar-refractivity contribution in [2.45, 2.75) is 92.4 Å². The van der Waals surface area contributed by atoms with E-state index < -0.39 is 7.82 Å². The van der Waals surface area contributed by atoms with Crippen molar-refractivity contribution in [2.24, 2.45) is 17.8 Å². The minimum atomic E-state index is -4.27. The summed E-state index contributed by atoms with van der Waals surface area (Å²) in [6.07, 6.45) is 12.3. The smallest absolute Gasteiger partial charge is 0.319 e. The fourth-order valence-electron chi connectivity index (χ4n) is 3.35. The number of likely N-dealkylation sites (N-methyl/N-ethyl adjacent to an activating group) is 1. The molecule has 30 heavy (non-hydrogen) atoms. The molecule has 0 heterocycles. The maximum Gasteiger partial charge on any atom is 0.319 e. The summed E-state index contributed by atoms with van der Waals surface area (Å²) in [5.74, 6) is 2.40. The van der Waals surface area contributed by atoms with Gasteiger partial charge in [0.1, 0.15) is 19.4 Å². The van der Waals surface area contributed by atoms with Crippen molar-refractivity contribution in [2.75, 3.05) is 27.2 Å². The summed E-state index contributed by atoms with van der Waals surface area (Å²) in [5, 5.41) is 0. The summed E-state index contributed by atoms with van der Waals surface area (Å²) in [6.45, 7) is 12.0. The van der Waals surface area contributed by atoms with Crippen molar-refractivity contribution >= 4 is 7.82 Å². The van der Waals surface area contributed by atoms with Crippen LogP contribution in [0.5, 0.6) is 0 Å². The number of allylic oxidation sites excluding steroid dienone is 1. The van der Waals surface area contributed by atoms with E-state index in [9.17, 15) is 9.46 Å². The first-order valence-corrected chi connectivity index (χ1v) is 13.3. The van der Waals surface area contributed by atoms with Crippen LogP contribution in [0.2, 0.25) is 0 Å². The van der Waals surface area contributed by atoms with Crippen LogP contribution in [0.25, 0.3) is 0 Å². The molecule has 6 heteroatoms. The quantitative estimate of drug-likeness (QED) is 0.180. The average Bonchev–Trinajstić information content (AvgIpc) is 2.60. The molecule has 0 rings (SSSR count). The van der Waals surface area contributed by atoms with E-state index in [1.807, 2.05) is 21.0 Å². The first kappa shape index (κ1) is 29.4. The largest absolute Gasteiger partial charge is 0.746 e. The van der Waals surface area contributed by atoms with Gasteiger partial charge in [-0.25, -0.2) is 0 Å². The van der Waals surface area contributed by atoms with Crippen LogP contribution < -0.4 is 9.79 Å². The molecular formula is C24H48NO4P. The van der Waals surface area contributed by atoms with Gasteiger partial charge in [0, 0.05) is 0 Å². The molecule has 178 valence electrons. The first-order valence-electron chi connectivity index (χ1n) is 11.9. The third kappa shape index (κ3) is 19.4. The maximum atomic E-state index is 11.6. The van der Waals surface area contributed by atoms with Crippen LogP contribution in [0.15, 0.2) is 17.6 Å². The van der Waals surface area contributed by atoms with Gasteiger partial charge in [-0.2, -0.15) is 0 Å². The van der Waals surface area contributed by atoms with Crippen LogP contribution in [-0.4, -0.2) is 27.2 Å². The van der Waals surface area contributed by atoms with Gasteiger partial charge < -0.3 is 18.8 Å². The Hall–Kier alpha value is -0.570. The topological polar surface area (TPSA) is 63.0 Å². The first-order chi connectivity index (χ1) is 14.0. The van der Waals surface area contributed by atoms with Gasteiger partial charge in [-0.15, -0.1) is 0 Å². The van der Waals surface area contributed by atoms with Gasteiger partial charge in [0.05, 0.1) is 14.1 Å². The minimum absolute atomic E-state index is 0.119. The Morgan fingerprint density at radius 2 is 1.53 bits per heavy atom. The molecule has 0 fully saturated rings. The average molecular weight is 446 g/mol. The van der Waals surface area contributed by atoms with Crippen LogP contribution >= 0.6 is 7.82 Å². The zero-order valence-corrected chi connectivity index (χ0v) is 21.6. The molecule has 0 bridgehead atoms. The van der Waals surface area contributed by atoms with Gasteiger partial charge >= 0.3 is 7.82 Å². The Labute approximate surface area is 186 Å². The van der Waals surface area contributed by atoms with Gasteiger partial charge in [-0.1, -0.05) is 78.4 Å². The standard InChI is InChI=1S/C24H48NO4P/c1-21(2)11-8-12-22(3)13-9-14-23(4)15-10-16-24(5)17-19-28-30(26,27)29-20-18-25(6)7/h19,21-23H,8-16,18,20H2,1-7H3,(H,26,27). The number of quaternary nitrogens is 1. The molecule has 1 N–H and O–H groups in total. The third-order valence-electron chi connectivity index (χ3n) is 5.46. The summed E-state index contributed by atoms with van der Waals surface area (Å²) in [4.78, 5) is 12.7. The summed E-state index contributed by atoms with van der Waals surface area (Å²) in [6, 6.07) is 0. The Balaban J connectivity index is 3.95. The summed E-state index contributed by atoms with van der Waals surface area (Å²) < 4.78 is 21.2. The predicted octanol–water partition coefficient (Wildman–Crippen LogP) is 5.13. The summed E-state index contributed by atoms with van der Waals surface area (Å²) in [7, 11) is -0.409. The van der Waals surface area contributed by atoms with Crippen molar-refractivity contribution < 1.29 is 23.4 Å². The number of nitrogens with one attached hydrogen (secondary N) is 1. The van der Waals surface area contributed by atoms with Gasteiger partial charge in [0.25, 0.3) is 0 Å². The minimum Gasteiger partial charge on any atom is -0.746 e. The van der Waals surface area contributed by atoms with Crippen LogP contribution in [0, 0.1) is 17.8 Å². The lowest BCUT2D eigenvalue weighted by Crippen LogP contribution is -3.06. The van der Waals surface area contributed by atoms with Gasteiger partial charge in [0.15, 0.2) is 0 Å². The van der Waals surface area contributed by atoms with E-state index in [1.54, 1.807) is 0 Å². The van der Waals surface area contributed by atoms with Crippen LogP contribution in [0.1, 0.15) is 92.4 Å². The molecule has 0 amide bonds. The fourth-order valence-corrected chi connectivity index (χ4v) is 3.91. The van der Waals surface area contributed by atoms with Gasteiger partial charge in [-0.05, 0) is 43.1 Å². The lowest BCUT2D eigenvalue weighted by atomic mass is 9.91. The Bertz CT molecular complexity index is 541. The number of hydrogen-bond donors (Lipinski definition) is 1. The molecule has 0 aromatic carbocycles. The number of rotatable bonds is 18. The SMILES string of the molecule is CC(=C=COP(=O)([O-])OCC[NH+](C)C)CCCC(C)CCCC(C)CCCC(C)C. The Kier molecular flexibility index (Phi) is 16.7. The monoisotopic (exact) mass is 445 g/mol. The summed E-state index contributed by atoms with van der Waals surface area (Å²) in [5.41, 5.74) is 3.91. The lowest BCUT2D eigenvalue weighted by Gasteiger charge is -2.20. The van der Waals surface area contributed by atoms with E-state index in [2.05, 4.69) is 33.4 Å². The zero-order chi connectivity index (χ0) is 23.0. The Morgan fingerprint density at radius 3 is 2.07 bits per heavy atom. The number of hydrogen-bond acceptors (Lipinski definition) is 4. The van der Waals surface area contributed by atoms with Crippen LogP contribution in [0.4, 0.5) is 0 Å². The number of phosphoric acid groups is 1. The van der Waals surface area contributed by atoms with Crippen LogP contribution in [-0.2, 0) is 13.6 Å². The highest BCUT2D eigenvalue weighted by molar-refractivity contribution is 7.45. The molecule has 3 atom stereocenters. The van der Waals surface area contributed by atoms with E-state index in [-0.39, 0.29) is 6.61 Å². The summed E-state index contributed by atoms with van der Waals surface area (Å²) >= 11 is 0.